The summed E-state index contributed by atoms with van der Waals surface area (Å²) in [5.41, 5.74) is 0.199. The van der Waals surface area contributed by atoms with Crippen molar-refractivity contribution < 1.29 is 13.6 Å². The maximum atomic E-state index is 13.9. The number of carbonyl (C=O) groups is 1. The van der Waals surface area contributed by atoms with Gasteiger partial charge in [0.1, 0.15) is 5.82 Å². The van der Waals surface area contributed by atoms with Gasteiger partial charge in [-0.2, -0.15) is 0 Å². The molecule has 1 amide bonds. The number of amides is 1. The Morgan fingerprint density at radius 2 is 2.00 bits per heavy atom. The molecular weight excluding hydrogens is 264 g/mol. The highest BCUT2D eigenvalue weighted by molar-refractivity contribution is 5.95. The van der Waals surface area contributed by atoms with Gasteiger partial charge in [-0.25, -0.2) is 13.8 Å². The van der Waals surface area contributed by atoms with Gasteiger partial charge in [0.25, 0.3) is 5.91 Å². The molecule has 1 aromatic carbocycles. The van der Waals surface area contributed by atoms with E-state index in [1.54, 1.807) is 18.2 Å². The average Bonchev–Trinajstić information content (AvgIpc) is 2.46. The van der Waals surface area contributed by atoms with Crippen molar-refractivity contribution in [1.29, 1.82) is 0 Å². The number of hydrogen-bond acceptors (Lipinski definition) is 3. The van der Waals surface area contributed by atoms with Crippen molar-refractivity contribution in [3.63, 3.8) is 0 Å². The molecule has 0 unspecified atom stereocenters. The standard InChI is InChI=1S/C14H13F2N3O/c1-17-13-12(16)10(6-7-18-13)14(20)19-8-9-4-2-3-5-11(9)15/h2-7H,8H2,1H3,(H,17,18)(H,19,20). The first-order valence-corrected chi connectivity index (χ1v) is 5.97. The van der Waals surface area contributed by atoms with Crippen LogP contribution in [0, 0.1) is 11.6 Å². The van der Waals surface area contributed by atoms with Crippen LogP contribution in [0.2, 0.25) is 0 Å². The number of pyridine rings is 1. The predicted molar refractivity (Wildman–Crippen MR) is 71.3 cm³/mol. The van der Waals surface area contributed by atoms with Crippen LogP contribution in [0.25, 0.3) is 0 Å². The summed E-state index contributed by atoms with van der Waals surface area (Å²) >= 11 is 0. The molecule has 0 fully saturated rings. The van der Waals surface area contributed by atoms with Gasteiger partial charge in [0.15, 0.2) is 11.6 Å². The zero-order valence-electron chi connectivity index (χ0n) is 10.8. The minimum atomic E-state index is -0.735. The first-order chi connectivity index (χ1) is 9.63. The normalized spacial score (nSPS) is 10.2. The summed E-state index contributed by atoms with van der Waals surface area (Å²) in [6.45, 7) is -0.0117. The highest BCUT2D eigenvalue weighted by Crippen LogP contribution is 2.14. The third kappa shape index (κ3) is 2.90. The van der Waals surface area contributed by atoms with Crippen LogP contribution >= 0.6 is 0 Å². The van der Waals surface area contributed by atoms with Crippen LogP contribution in [-0.2, 0) is 6.54 Å². The molecule has 0 saturated carbocycles. The van der Waals surface area contributed by atoms with E-state index in [-0.39, 0.29) is 17.9 Å². The third-order valence-electron chi connectivity index (χ3n) is 2.77. The van der Waals surface area contributed by atoms with Crippen LogP contribution in [0.15, 0.2) is 36.5 Å². The molecule has 0 spiro atoms. The van der Waals surface area contributed by atoms with Crippen molar-refractivity contribution in [2.75, 3.05) is 12.4 Å². The molecule has 6 heteroatoms. The second-order valence-corrected chi connectivity index (χ2v) is 4.05. The lowest BCUT2D eigenvalue weighted by molar-refractivity contribution is 0.0946. The Balaban J connectivity index is 2.12. The van der Waals surface area contributed by atoms with Gasteiger partial charge in [0.05, 0.1) is 5.56 Å². The third-order valence-corrected chi connectivity index (χ3v) is 2.77. The fourth-order valence-corrected chi connectivity index (χ4v) is 1.71. The zero-order chi connectivity index (χ0) is 14.5. The highest BCUT2D eigenvalue weighted by Gasteiger charge is 2.15. The van der Waals surface area contributed by atoms with Crippen molar-refractivity contribution in [2.45, 2.75) is 6.54 Å². The summed E-state index contributed by atoms with van der Waals surface area (Å²) in [5, 5.41) is 5.02. The minimum Gasteiger partial charge on any atom is -0.371 e. The van der Waals surface area contributed by atoms with E-state index < -0.39 is 17.5 Å². The summed E-state index contributed by atoms with van der Waals surface area (Å²) < 4.78 is 27.3. The lowest BCUT2D eigenvalue weighted by Gasteiger charge is -2.08. The first-order valence-electron chi connectivity index (χ1n) is 5.97. The van der Waals surface area contributed by atoms with Gasteiger partial charge < -0.3 is 10.6 Å². The van der Waals surface area contributed by atoms with Crippen molar-refractivity contribution in [2.24, 2.45) is 0 Å². The second-order valence-electron chi connectivity index (χ2n) is 4.05. The van der Waals surface area contributed by atoms with Crippen LogP contribution < -0.4 is 10.6 Å². The summed E-state index contributed by atoms with van der Waals surface area (Å²) in [5.74, 6) is -1.78. The summed E-state index contributed by atoms with van der Waals surface area (Å²) in [4.78, 5) is 15.6. The van der Waals surface area contributed by atoms with Crippen molar-refractivity contribution in [3.8, 4) is 0 Å². The fraction of sp³-hybridized carbons (Fsp3) is 0.143. The fourth-order valence-electron chi connectivity index (χ4n) is 1.71. The van der Waals surface area contributed by atoms with Crippen LogP contribution in [0.5, 0.6) is 0 Å². The maximum absolute atomic E-state index is 13.9. The molecule has 0 aliphatic heterocycles. The number of rotatable bonds is 4. The topological polar surface area (TPSA) is 54.0 Å². The van der Waals surface area contributed by atoms with Gasteiger partial charge in [-0.15, -0.1) is 0 Å². The van der Waals surface area contributed by atoms with E-state index in [1.807, 2.05) is 0 Å². The molecule has 2 rings (SSSR count). The Morgan fingerprint density at radius 3 is 2.70 bits per heavy atom. The molecule has 1 aromatic heterocycles. The number of carbonyl (C=O) groups excluding carboxylic acids is 1. The van der Waals surface area contributed by atoms with E-state index in [0.29, 0.717) is 5.56 Å². The Bertz CT molecular complexity index is 632. The second kappa shape index (κ2) is 6.10. The van der Waals surface area contributed by atoms with Gasteiger partial charge in [-0.1, -0.05) is 18.2 Å². The maximum Gasteiger partial charge on any atom is 0.254 e. The van der Waals surface area contributed by atoms with Crippen LogP contribution in [0.3, 0.4) is 0 Å². The van der Waals surface area contributed by atoms with E-state index in [0.717, 1.165) is 0 Å². The van der Waals surface area contributed by atoms with E-state index in [1.165, 1.54) is 25.4 Å². The Hall–Kier alpha value is -2.50. The average molecular weight is 277 g/mol. The number of nitrogens with one attached hydrogen (secondary N) is 2. The smallest absolute Gasteiger partial charge is 0.254 e. The molecule has 0 atom stereocenters. The molecule has 104 valence electrons. The Labute approximate surface area is 114 Å². The monoisotopic (exact) mass is 277 g/mol. The lowest BCUT2D eigenvalue weighted by atomic mass is 10.2. The SMILES string of the molecule is CNc1nccc(C(=O)NCc2ccccc2F)c1F. The molecule has 0 aliphatic carbocycles. The quantitative estimate of drug-likeness (QED) is 0.902. The molecule has 0 aliphatic rings. The van der Waals surface area contributed by atoms with Crippen molar-refractivity contribution in [1.82, 2.24) is 10.3 Å². The highest BCUT2D eigenvalue weighted by atomic mass is 19.1. The summed E-state index contributed by atoms with van der Waals surface area (Å²) in [7, 11) is 1.51. The lowest BCUT2D eigenvalue weighted by Crippen LogP contribution is -2.24. The number of hydrogen-bond donors (Lipinski definition) is 2. The van der Waals surface area contributed by atoms with Gasteiger partial charge in [0.2, 0.25) is 0 Å². The van der Waals surface area contributed by atoms with Gasteiger partial charge >= 0.3 is 0 Å². The minimum absolute atomic E-state index is 0.0106. The molecule has 4 nitrogen and oxygen atoms in total. The zero-order valence-corrected chi connectivity index (χ0v) is 10.8. The summed E-state index contributed by atoms with van der Waals surface area (Å²) in [6, 6.07) is 7.34. The molecule has 0 radical (unpaired) electrons. The van der Waals surface area contributed by atoms with E-state index in [9.17, 15) is 13.6 Å². The van der Waals surface area contributed by atoms with Crippen molar-refractivity contribution >= 4 is 11.7 Å². The number of aromatic nitrogens is 1. The van der Waals surface area contributed by atoms with Crippen molar-refractivity contribution in [3.05, 3.63) is 59.3 Å². The Kier molecular flexibility index (Phi) is 4.24. The number of benzene rings is 1. The van der Waals surface area contributed by atoms with Crippen LogP contribution in [0.1, 0.15) is 15.9 Å². The number of halogens is 2. The van der Waals surface area contributed by atoms with Gasteiger partial charge in [-0.3, -0.25) is 4.79 Å². The summed E-state index contributed by atoms with van der Waals surface area (Å²) in [6.07, 6.45) is 1.33. The molecule has 2 N–H and O–H groups in total. The molecule has 20 heavy (non-hydrogen) atoms. The van der Waals surface area contributed by atoms with E-state index in [2.05, 4.69) is 15.6 Å². The molecule has 0 bridgehead atoms. The van der Waals surface area contributed by atoms with E-state index >= 15 is 0 Å². The largest absolute Gasteiger partial charge is 0.371 e. The molecule has 2 aromatic rings. The number of anilines is 1. The molecule has 0 saturated heterocycles. The molecular formula is C14H13F2N3O. The van der Waals surface area contributed by atoms with Crippen LogP contribution in [-0.4, -0.2) is 17.9 Å². The Morgan fingerprint density at radius 1 is 1.25 bits per heavy atom. The van der Waals surface area contributed by atoms with Gasteiger partial charge in [0, 0.05) is 25.4 Å². The van der Waals surface area contributed by atoms with E-state index in [4.69, 9.17) is 0 Å². The molecule has 1 heterocycles. The van der Waals surface area contributed by atoms with Crippen LogP contribution in [0.4, 0.5) is 14.6 Å². The van der Waals surface area contributed by atoms with Gasteiger partial charge in [-0.05, 0) is 12.1 Å². The predicted octanol–water partition coefficient (Wildman–Crippen LogP) is 2.33. The number of nitrogens with zero attached hydrogens (tertiary/aromatic N) is 1. The first kappa shape index (κ1) is 13.9.